The van der Waals surface area contributed by atoms with Gasteiger partial charge in [-0.05, 0) is 42.5 Å². The fourth-order valence-corrected chi connectivity index (χ4v) is 5.42. The van der Waals surface area contributed by atoms with E-state index in [-0.39, 0.29) is 22.8 Å². The van der Waals surface area contributed by atoms with Crippen LogP contribution >= 0.6 is 11.8 Å². The molecule has 0 atom stereocenters. The molecule has 0 aliphatic carbocycles. The number of nitrogens with one attached hydrogen (secondary N) is 3. The van der Waals surface area contributed by atoms with Crippen molar-refractivity contribution in [2.45, 2.75) is 6.18 Å². The average Bonchev–Trinajstić information content (AvgIpc) is 3.53. The Balaban J connectivity index is 0.000000187. The lowest BCUT2D eigenvalue weighted by atomic mass is 10.1. The Kier molecular flexibility index (Phi) is 9.23. The van der Waals surface area contributed by atoms with Gasteiger partial charge in [0.25, 0.3) is 0 Å². The van der Waals surface area contributed by atoms with E-state index in [1.54, 1.807) is 30.9 Å². The zero-order valence-corrected chi connectivity index (χ0v) is 23.9. The number of hydrogen-bond donors (Lipinski definition) is 3. The summed E-state index contributed by atoms with van der Waals surface area (Å²) in [6.07, 6.45) is 0.435. The summed E-state index contributed by atoms with van der Waals surface area (Å²) in [6.45, 7) is 1.43. The molecule has 44 heavy (non-hydrogen) atoms. The van der Waals surface area contributed by atoms with Crippen molar-refractivity contribution in [1.82, 2.24) is 24.9 Å². The molecule has 3 aromatic heterocycles. The van der Waals surface area contributed by atoms with E-state index in [1.807, 2.05) is 4.90 Å². The van der Waals surface area contributed by atoms with Crippen molar-refractivity contribution in [1.29, 1.82) is 0 Å². The first-order valence-electron chi connectivity index (χ1n) is 13.2. The van der Waals surface area contributed by atoms with Crippen molar-refractivity contribution in [3.8, 4) is 11.3 Å². The zero-order chi connectivity index (χ0) is 31.3. The molecule has 0 spiro atoms. The van der Waals surface area contributed by atoms with Gasteiger partial charge < -0.3 is 20.5 Å². The minimum Gasteiger partial charge on any atom is -0.386 e. The van der Waals surface area contributed by atoms with Crippen LogP contribution in [0.3, 0.4) is 0 Å². The van der Waals surface area contributed by atoms with Crippen LogP contribution in [-0.4, -0.2) is 62.8 Å². The largest absolute Gasteiger partial charge is 0.416 e. The van der Waals surface area contributed by atoms with Crippen LogP contribution < -0.4 is 15.5 Å². The summed E-state index contributed by atoms with van der Waals surface area (Å²) in [7, 11) is 1.56. The number of H-pyrrole nitrogens is 1. The number of nitrogens with zero attached hydrogens (tertiary/aromatic N) is 5. The molecule has 0 saturated carbocycles. The van der Waals surface area contributed by atoms with Gasteiger partial charge in [-0.15, -0.1) is 0 Å². The molecule has 4 heterocycles. The fraction of sp³-hybridized carbons (Fsp3) is 0.207. The number of aromatic amines is 1. The third-order valence-corrected chi connectivity index (χ3v) is 7.61. The van der Waals surface area contributed by atoms with Crippen LogP contribution in [0.15, 0.2) is 61.3 Å². The van der Waals surface area contributed by atoms with Crippen molar-refractivity contribution in [3.63, 3.8) is 0 Å². The molecule has 15 heteroatoms. The van der Waals surface area contributed by atoms with Crippen LogP contribution in [0, 0.1) is 11.6 Å². The first kappa shape index (κ1) is 30.7. The number of pyridine rings is 1. The SMILES string of the molecule is CNc1ccc(F)c(Nc2ncccc2-c2ncnc3nc[nH]c23)c1F.O=Cc1cc(N2CCSCC2)cc(C(F)(F)F)c1. The summed E-state index contributed by atoms with van der Waals surface area (Å²) in [5.41, 5.74) is 1.82. The highest BCUT2D eigenvalue weighted by atomic mass is 32.2. The van der Waals surface area contributed by atoms with Gasteiger partial charge >= 0.3 is 6.18 Å². The number of carbonyl (C=O) groups excluding carboxylic acids is 1. The summed E-state index contributed by atoms with van der Waals surface area (Å²) >= 11 is 1.78. The zero-order valence-electron chi connectivity index (χ0n) is 23.1. The lowest BCUT2D eigenvalue weighted by Crippen LogP contribution is -2.32. The highest BCUT2D eigenvalue weighted by Crippen LogP contribution is 2.35. The molecule has 0 amide bonds. The van der Waals surface area contributed by atoms with Gasteiger partial charge in [0.15, 0.2) is 11.5 Å². The van der Waals surface area contributed by atoms with E-state index in [2.05, 4.69) is 35.6 Å². The number of aromatic nitrogens is 5. The van der Waals surface area contributed by atoms with E-state index in [4.69, 9.17) is 0 Å². The van der Waals surface area contributed by atoms with Crippen molar-refractivity contribution >= 4 is 52.1 Å². The van der Waals surface area contributed by atoms with Crippen LogP contribution in [0.4, 0.5) is 44.8 Å². The third kappa shape index (κ3) is 6.72. The molecule has 1 fully saturated rings. The van der Waals surface area contributed by atoms with E-state index >= 15 is 0 Å². The maximum Gasteiger partial charge on any atom is 0.416 e. The van der Waals surface area contributed by atoms with Gasteiger partial charge in [-0.2, -0.15) is 24.9 Å². The number of fused-ring (bicyclic) bond motifs is 1. The first-order chi connectivity index (χ1) is 21.2. The predicted molar refractivity (Wildman–Crippen MR) is 160 cm³/mol. The number of aldehydes is 1. The monoisotopic (exact) mass is 628 g/mol. The Morgan fingerprint density at radius 2 is 1.82 bits per heavy atom. The highest BCUT2D eigenvalue weighted by Gasteiger charge is 2.32. The highest BCUT2D eigenvalue weighted by molar-refractivity contribution is 7.99. The number of anilines is 4. The van der Waals surface area contributed by atoms with Crippen molar-refractivity contribution in [2.24, 2.45) is 0 Å². The molecule has 1 aliphatic rings. The predicted octanol–water partition coefficient (Wildman–Crippen LogP) is 6.55. The van der Waals surface area contributed by atoms with E-state index in [0.29, 0.717) is 47.5 Å². The second-order valence-corrected chi connectivity index (χ2v) is 10.6. The van der Waals surface area contributed by atoms with E-state index in [0.717, 1.165) is 23.6 Å². The second kappa shape index (κ2) is 13.2. The van der Waals surface area contributed by atoms with Gasteiger partial charge in [0, 0.05) is 54.7 Å². The Morgan fingerprint density at radius 1 is 1.02 bits per heavy atom. The van der Waals surface area contributed by atoms with Crippen LogP contribution in [0.2, 0.25) is 0 Å². The van der Waals surface area contributed by atoms with Gasteiger partial charge in [0.05, 0.1) is 17.6 Å². The standard InChI is InChI=1S/C17H13F2N7.C12H12F3NOS/c1-20-11-5-4-10(18)14(12(11)19)26-16-9(3-2-6-21-16)13-15-17(24-7-22-13)25-8-23-15;13-12(14,15)10-5-9(8-17)6-11(7-10)16-1-3-18-4-2-16/h2-8,20H,1H3,(H,21,26)(H,22,23,24,25);5-8H,1-4H2. The molecule has 0 bridgehead atoms. The second-order valence-electron chi connectivity index (χ2n) is 9.41. The number of imidazole rings is 1. The van der Waals surface area contributed by atoms with Gasteiger partial charge in [-0.3, -0.25) is 4.79 Å². The molecule has 2 aromatic carbocycles. The molecule has 9 nitrogen and oxygen atoms in total. The number of benzene rings is 2. The number of hydrogen-bond acceptors (Lipinski definition) is 9. The molecular formula is C29H25F5N8OS. The Morgan fingerprint density at radius 3 is 2.55 bits per heavy atom. The first-order valence-corrected chi connectivity index (χ1v) is 14.4. The minimum absolute atomic E-state index is 0.0676. The average molecular weight is 629 g/mol. The maximum absolute atomic E-state index is 14.5. The van der Waals surface area contributed by atoms with Crippen molar-refractivity contribution in [3.05, 3.63) is 84.1 Å². The quantitative estimate of drug-likeness (QED) is 0.142. The van der Waals surface area contributed by atoms with Crippen LogP contribution in [0.5, 0.6) is 0 Å². The van der Waals surface area contributed by atoms with Gasteiger partial charge in [0.1, 0.15) is 41.1 Å². The number of alkyl halides is 3. The van der Waals surface area contributed by atoms with Crippen molar-refractivity contribution in [2.75, 3.05) is 47.2 Å². The Labute approximate surface area is 252 Å². The summed E-state index contributed by atoms with van der Waals surface area (Å²) in [5.74, 6) is 0.582. The number of rotatable bonds is 6. The molecule has 1 saturated heterocycles. The minimum atomic E-state index is -4.42. The lowest BCUT2D eigenvalue weighted by Gasteiger charge is -2.29. The summed E-state index contributed by atoms with van der Waals surface area (Å²) in [4.78, 5) is 32.2. The van der Waals surface area contributed by atoms with E-state index < -0.39 is 23.4 Å². The molecule has 3 N–H and O–H groups in total. The molecule has 6 rings (SSSR count). The fourth-order valence-electron chi connectivity index (χ4n) is 4.51. The number of thioether (sulfide) groups is 1. The van der Waals surface area contributed by atoms with E-state index in [1.165, 1.54) is 37.1 Å². The molecular weight excluding hydrogens is 603 g/mol. The molecule has 0 radical (unpaired) electrons. The smallest absolute Gasteiger partial charge is 0.386 e. The third-order valence-electron chi connectivity index (χ3n) is 6.67. The summed E-state index contributed by atoms with van der Waals surface area (Å²) in [5, 5.41) is 5.42. The Bertz CT molecular complexity index is 1780. The topological polar surface area (TPSA) is 112 Å². The van der Waals surface area contributed by atoms with Gasteiger partial charge in [-0.1, -0.05) is 0 Å². The maximum atomic E-state index is 14.5. The van der Waals surface area contributed by atoms with Crippen LogP contribution in [0.1, 0.15) is 15.9 Å². The Hall–Kier alpha value is -4.79. The number of carbonyl (C=O) groups is 1. The van der Waals surface area contributed by atoms with Crippen LogP contribution in [0.25, 0.3) is 22.4 Å². The van der Waals surface area contributed by atoms with Crippen molar-refractivity contribution < 1.29 is 26.7 Å². The summed E-state index contributed by atoms with van der Waals surface area (Å²) < 4.78 is 66.9. The number of halogens is 5. The molecule has 228 valence electrons. The lowest BCUT2D eigenvalue weighted by molar-refractivity contribution is -0.137. The normalized spacial score (nSPS) is 13.3. The van der Waals surface area contributed by atoms with Gasteiger partial charge in [0.2, 0.25) is 0 Å². The van der Waals surface area contributed by atoms with Gasteiger partial charge in [-0.25, -0.2) is 28.7 Å². The molecule has 1 aliphatic heterocycles. The molecule has 5 aromatic rings. The van der Waals surface area contributed by atoms with E-state index in [9.17, 15) is 26.7 Å². The van der Waals surface area contributed by atoms with Crippen LogP contribution in [-0.2, 0) is 6.18 Å². The summed E-state index contributed by atoms with van der Waals surface area (Å²) in [6, 6.07) is 9.47. The molecule has 0 unspecified atom stereocenters.